The fourth-order valence-electron chi connectivity index (χ4n) is 3.23. The van der Waals surface area contributed by atoms with Crippen LogP contribution in [0.2, 0.25) is 0 Å². The smallest absolute Gasteiger partial charge is 0.408 e. The number of carbonyl (C=O) groups excluding carboxylic acids is 4. The van der Waals surface area contributed by atoms with Crippen LogP contribution in [0.4, 0.5) is 15.3 Å². The number of hydrogen-bond donors (Lipinski definition) is 3. The van der Waals surface area contributed by atoms with E-state index in [1.165, 1.54) is 13.2 Å². The zero-order valence-electron chi connectivity index (χ0n) is 21.7. The molecule has 10 nitrogen and oxygen atoms in total. The molecular formula is C27H35N3O7. The number of carbonyl (C=O) groups is 4. The van der Waals surface area contributed by atoms with Crippen LogP contribution in [0.5, 0.6) is 0 Å². The molecule has 0 heterocycles. The standard InChI is InChI=1S/C27H35N3O7/c1-27(2,3)37-26(34)30-22(23(31)29-21-14-10-13-20(17-21)24(32)35-4)15-8-9-16-28-25(33)36-18-19-11-6-5-7-12-19/h5-7,10-14,17,22H,8-9,15-16,18H2,1-4H3,(H,28,33)(H,29,31)(H,30,34)/t22-/m0/s1. The third-order valence-electron chi connectivity index (χ3n) is 4.96. The number of esters is 1. The first kappa shape index (κ1) is 29.2. The van der Waals surface area contributed by atoms with Crippen molar-refractivity contribution in [3.05, 3.63) is 65.7 Å². The fraction of sp³-hybridized carbons (Fsp3) is 0.407. The Morgan fingerprint density at radius 2 is 1.65 bits per heavy atom. The molecule has 1 atom stereocenters. The number of benzene rings is 2. The Labute approximate surface area is 217 Å². The van der Waals surface area contributed by atoms with Crippen LogP contribution in [0.3, 0.4) is 0 Å². The Hall–Kier alpha value is -4.08. The fourth-order valence-corrected chi connectivity index (χ4v) is 3.23. The van der Waals surface area contributed by atoms with Crippen LogP contribution in [0.15, 0.2) is 54.6 Å². The van der Waals surface area contributed by atoms with Crippen LogP contribution in [0, 0.1) is 0 Å². The summed E-state index contributed by atoms with van der Waals surface area (Å²) < 4.78 is 15.2. The van der Waals surface area contributed by atoms with E-state index in [0.717, 1.165) is 5.56 Å². The van der Waals surface area contributed by atoms with Gasteiger partial charge in [-0.2, -0.15) is 0 Å². The van der Waals surface area contributed by atoms with Crippen molar-refractivity contribution in [2.24, 2.45) is 0 Å². The molecule has 2 rings (SSSR count). The second-order valence-corrected chi connectivity index (χ2v) is 9.24. The molecule has 0 aliphatic heterocycles. The van der Waals surface area contributed by atoms with E-state index in [1.807, 2.05) is 30.3 Å². The van der Waals surface area contributed by atoms with Gasteiger partial charge in [0.2, 0.25) is 5.91 Å². The molecule has 3 amide bonds. The zero-order chi connectivity index (χ0) is 27.3. The van der Waals surface area contributed by atoms with Gasteiger partial charge in [-0.05, 0) is 63.8 Å². The first-order valence-corrected chi connectivity index (χ1v) is 12.0. The van der Waals surface area contributed by atoms with Gasteiger partial charge in [-0.3, -0.25) is 4.79 Å². The van der Waals surface area contributed by atoms with Gasteiger partial charge in [0.15, 0.2) is 0 Å². The van der Waals surface area contributed by atoms with E-state index in [1.54, 1.807) is 39.0 Å². The quantitative estimate of drug-likeness (QED) is 0.230. The lowest BCUT2D eigenvalue weighted by molar-refractivity contribution is -0.118. The molecule has 2 aromatic carbocycles. The molecule has 0 saturated carbocycles. The maximum atomic E-state index is 13.0. The number of rotatable bonds is 11. The summed E-state index contributed by atoms with van der Waals surface area (Å²) in [6.07, 6.45) is 0.115. The molecule has 0 aliphatic carbocycles. The van der Waals surface area contributed by atoms with Gasteiger partial charge in [0, 0.05) is 12.2 Å². The third kappa shape index (κ3) is 11.5. The van der Waals surface area contributed by atoms with E-state index >= 15 is 0 Å². The predicted octanol–water partition coefficient (Wildman–Crippen LogP) is 4.40. The zero-order valence-corrected chi connectivity index (χ0v) is 21.7. The largest absolute Gasteiger partial charge is 0.465 e. The van der Waals surface area contributed by atoms with E-state index in [2.05, 4.69) is 16.0 Å². The Balaban J connectivity index is 1.88. The SMILES string of the molecule is COC(=O)c1cccc(NC(=O)[C@H](CCCCNC(=O)OCc2ccccc2)NC(=O)OC(C)(C)C)c1. The maximum absolute atomic E-state index is 13.0. The van der Waals surface area contributed by atoms with E-state index in [9.17, 15) is 19.2 Å². The van der Waals surface area contributed by atoms with Gasteiger partial charge in [-0.25, -0.2) is 14.4 Å². The molecule has 10 heteroatoms. The summed E-state index contributed by atoms with van der Waals surface area (Å²) in [6, 6.07) is 14.7. The highest BCUT2D eigenvalue weighted by molar-refractivity contribution is 5.98. The van der Waals surface area contributed by atoms with Gasteiger partial charge in [0.05, 0.1) is 12.7 Å². The number of ether oxygens (including phenoxy) is 3. The lowest BCUT2D eigenvalue weighted by Gasteiger charge is -2.23. The number of nitrogens with one attached hydrogen (secondary N) is 3. The number of methoxy groups -OCH3 is 1. The average Bonchev–Trinajstić information content (AvgIpc) is 2.85. The second-order valence-electron chi connectivity index (χ2n) is 9.24. The van der Waals surface area contributed by atoms with Gasteiger partial charge < -0.3 is 30.2 Å². The lowest BCUT2D eigenvalue weighted by Crippen LogP contribution is -2.45. The van der Waals surface area contributed by atoms with E-state index < -0.39 is 35.7 Å². The number of anilines is 1. The van der Waals surface area contributed by atoms with Gasteiger partial charge >= 0.3 is 18.2 Å². The molecule has 37 heavy (non-hydrogen) atoms. The topological polar surface area (TPSA) is 132 Å². The summed E-state index contributed by atoms with van der Waals surface area (Å²) in [4.78, 5) is 49.0. The molecule has 2 aromatic rings. The maximum Gasteiger partial charge on any atom is 0.408 e. The van der Waals surface area contributed by atoms with E-state index in [4.69, 9.17) is 14.2 Å². The Bertz CT molecular complexity index is 1050. The van der Waals surface area contributed by atoms with Crippen LogP contribution in [-0.2, 0) is 25.6 Å². The van der Waals surface area contributed by atoms with Gasteiger partial charge in [0.25, 0.3) is 0 Å². The van der Waals surface area contributed by atoms with E-state index in [0.29, 0.717) is 31.5 Å². The second kappa shape index (κ2) is 14.5. The van der Waals surface area contributed by atoms with Crippen molar-refractivity contribution in [2.45, 2.75) is 58.3 Å². The molecule has 200 valence electrons. The minimum Gasteiger partial charge on any atom is -0.465 e. The Morgan fingerprint density at radius 3 is 2.32 bits per heavy atom. The Kier molecular flexibility index (Phi) is 11.4. The Morgan fingerprint density at radius 1 is 0.919 bits per heavy atom. The minimum atomic E-state index is -0.901. The van der Waals surface area contributed by atoms with Crippen molar-refractivity contribution in [2.75, 3.05) is 19.0 Å². The highest BCUT2D eigenvalue weighted by Crippen LogP contribution is 2.14. The third-order valence-corrected chi connectivity index (χ3v) is 4.96. The number of amides is 3. The lowest BCUT2D eigenvalue weighted by atomic mass is 10.1. The summed E-state index contributed by atoms with van der Waals surface area (Å²) in [6.45, 7) is 5.69. The predicted molar refractivity (Wildman–Crippen MR) is 138 cm³/mol. The van der Waals surface area contributed by atoms with Crippen LogP contribution >= 0.6 is 0 Å². The molecule has 0 aliphatic rings. The summed E-state index contributed by atoms with van der Waals surface area (Å²) in [5.74, 6) is -1.00. The van der Waals surface area contributed by atoms with E-state index in [-0.39, 0.29) is 12.2 Å². The number of hydrogen-bond acceptors (Lipinski definition) is 7. The first-order valence-electron chi connectivity index (χ1n) is 12.0. The average molecular weight is 514 g/mol. The molecule has 0 aromatic heterocycles. The molecule has 0 radical (unpaired) electrons. The summed E-state index contributed by atoms with van der Waals surface area (Å²) >= 11 is 0. The molecule has 0 spiro atoms. The molecule has 3 N–H and O–H groups in total. The first-order chi connectivity index (χ1) is 17.6. The van der Waals surface area contributed by atoms with Crippen molar-refractivity contribution in [3.8, 4) is 0 Å². The van der Waals surface area contributed by atoms with Crippen LogP contribution in [-0.4, -0.2) is 49.4 Å². The van der Waals surface area contributed by atoms with Crippen molar-refractivity contribution in [1.29, 1.82) is 0 Å². The monoisotopic (exact) mass is 513 g/mol. The van der Waals surface area contributed by atoms with Crippen molar-refractivity contribution in [3.63, 3.8) is 0 Å². The summed E-state index contributed by atoms with van der Waals surface area (Å²) in [5.41, 5.74) is 0.815. The highest BCUT2D eigenvalue weighted by atomic mass is 16.6. The number of alkyl carbamates (subject to hydrolysis) is 2. The van der Waals surface area contributed by atoms with Crippen molar-refractivity contribution >= 4 is 29.8 Å². The van der Waals surface area contributed by atoms with Crippen molar-refractivity contribution in [1.82, 2.24) is 10.6 Å². The molecule has 0 saturated heterocycles. The van der Waals surface area contributed by atoms with Gasteiger partial charge in [-0.1, -0.05) is 36.4 Å². The van der Waals surface area contributed by atoms with Gasteiger partial charge in [0.1, 0.15) is 18.2 Å². The summed E-state index contributed by atoms with van der Waals surface area (Å²) in [5, 5.41) is 7.99. The minimum absolute atomic E-state index is 0.173. The van der Waals surface area contributed by atoms with Crippen molar-refractivity contribution < 1.29 is 33.4 Å². The molecule has 0 fully saturated rings. The van der Waals surface area contributed by atoms with Crippen LogP contribution in [0.25, 0.3) is 0 Å². The number of unbranched alkanes of at least 4 members (excludes halogenated alkanes) is 1. The normalized spacial score (nSPS) is 11.6. The highest BCUT2D eigenvalue weighted by Gasteiger charge is 2.24. The molecule has 0 bridgehead atoms. The summed E-state index contributed by atoms with van der Waals surface area (Å²) in [7, 11) is 1.27. The van der Waals surface area contributed by atoms with Gasteiger partial charge in [-0.15, -0.1) is 0 Å². The molecular weight excluding hydrogens is 478 g/mol. The van der Waals surface area contributed by atoms with Crippen LogP contribution in [0.1, 0.15) is 56.0 Å². The van der Waals surface area contributed by atoms with Crippen LogP contribution < -0.4 is 16.0 Å². The molecule has 0 unspecified atom stereocenters.